The molecule has 1 heterocycles. The average Bonchev–Trinajstić information content (AvgIpc) is 3.02. The zero-order valence-electron chi connectivity index (χ0n) is 18.3. The number of anilines is 2. The van der Waals surface area contributed by atoms with Crippen LogP contribution < -0.4 is 9.62 Å². The molecule has 0 radical (unpaired) electrons. The number of rotatable bonds is 7. The molecule has 0 aromatic heterocycles. The average molecular weight is 480 g/mol. The van der Waals surface area contributed by atoms with Gasteiger partial charge in [0, 0.05) is 18.8 Å². The van der Waals surface area contributed by atoms with Crippen molar-refractivity contribution in [2.45, 2.75) is 37.5 Å². The zero-order chi connectivity index (χ0) is 23.4. The van der Waals surface area contributed by atoms with E-state index in [0.717, 1.165) is 41.8 Å². The number of hydrogen-bond donors (Lipinski definition) is 1. The second-order valence-corrected chi connectivity index (χ2v) is 11.8. The van der Waals surface area contributed by atoms with Crippen molar-refractivity contribution in [2.75, 3.05) is 35.5 Å². The molecule has 0 spiro atoms. The van der Waals surface area contributed by atoms with Gasteiger partial charge in [-0.3, -0.25) is 9.10 Å². The number of nitrogens with zero attached hydrogens (tertiary/aromatic N) is 2. The molecule has 32 heavy (non-hydrogen) atoms. The monoisotopic (exact) mass is 479 g/mol. The van der Waals surface area contributed by atoms with E-state index < -0.39 is 32.5 Å². The summed E-state index contributed by atoms with van der Waals surface area (Å²) in [6.07, 6.45) is 4.81. The maximum atomic E-state index is 12.9. The Labute approximate surface area is 190 Å². The lowest BCUT2D eigenvalue weighted by Gasteiger charge is -2.22. The number of carbonyl (C=O) groups is 1. The lowest BCUT2D eigenvalue weighted by atomic mass is 10.2. The highest BCUT2D eigenvalue weighted by Crippen LogP contribution is 2.22. The van der Waals surface area contributed by atoms with Gasteiger partial charge in [0.15, 0.2) is 0 Å². The number of hydrogen-bond acceptors (Lipinski definition) is 5. The zero-order valence-corrected chi connectivity index (χ0v) is 20.0. The highest BCUT2D eigenvalue weighted by atomic mass is 32.2. The number of benzene rings is 2. The van der Waals surface area contributed by atoms with Crippen LogP contribution in [0, 0.1) is 6.92 Å². The number of nitrogens with one attached hydrogen (secondary N) is 1. The van der Waals surface area contributed by atoms with E-state index in [4.69, 9.17) is 0 Å². The minimum atomic E-state index is -3.68. The SMILES string of the molecule is Cc1cccc(N(CC(=O)Nc2ccc(S(=O)(=O)N3CCCCCC3)cc2)S(C)(=O)=O)c1. The molecular weight excluding hydrogens is 450 g/mol. The van der Waals surface area contributed by atoms with Crippen LogP contribution in [0.3, 0.4) is 0 Å². The molecule has 0 aliphatic carbocycles. The highest BCUT2D eigenvalue weighted by Gasteiger charge is 2.25. The fourth-order valence-corrected chi connectivity index (χ4v) is 6.02. The summed E-state index contributed by atoms with van der Waals surface area (Å²) in [7, 11) is -7.25. The Morgan fingerprint density at radius 2 is 1.59 bits per heavy atom. The summed E-state index contributed by atoms with van der Waals surface area (Å²) in [6.45, 7) is 2.48. The summed E-state index contributed by atoms with van der Waals surface area (Å²) in [5.74, 6) is -0.528. The molecule has 8 nitrogen and oxygen atoms in total. The third kappa shape index (κ3) is 6.08. The highest BCUT2D eigenvalue weighted by molar-refractivity contribution is 7.92. The van der Waals surface area contributed by atoms with Crippen molar-refractivity contribution in [3.63, 3.8) is 0 Å². The van der Waals surface area contributed by atoms with Gasteiger partial charge in [-0.15, -0.1) is 0 Å². The van der Waals surface area contributed by atoms with Crippen LogP contribution in [0.1, 0.15) is 31.2 Å². The first-order valence-electron chi connectivity index (χ1n) is 10.5. The molecule has 1 N–H and O–H groups in total. The van der Waals surface area contributed by atoms with E-state index >= 15 is 0 Å². The molecule has 1 amide bonds. The molecule has 0 unspecified atom stereocenters. The second kappa shape index (κ2) is 10.0. The van der Waals surface area contributed by atoms with Gasteiger partial charge in [-0.25, -0.2) is 16.8 Å². The van der Waals surface area contributed by atoms with E-state index in [2.05, 4.69) is 5.32 Å². The Bertz CT molecular complexity index is 1150. The molecule has 1 aliphatic heterocycles. The largest absolute Gasteiger partial charge is 0.325 e. The number of amides is 1. The summed E-state index contributed by atoms with van der Waals surface area (Å²) < 4.78 is 52.8. The van der Waals surface area contributed by atoms with Gasteiger partial charge in [0.25, 0.3) is 0 Å². The van der Waals surface area contributed by atoms with Crippen molar-refractivity contribution >= 4 is 37.3 Å². The first kappa shape index (κ1) is 24.2. The van der Waals surface area contributed by atoms with E-state index in [1.165, 1.54) is 28.6 Å². The summed E-state index contributed by atoms with van der Waals surface area (Å²) in [5, 5.41) is 2.64. The smallest absolute Gasteiger partial charge is 0.245 e. The van der Waals surface area contributed by atoms with E-state index in [9.17, 15) is 21.6 Å². The molecule has 3 rings (SSSR count). The molecule has 174 valence electrons. The van der Waals surface area contributed by atoms with Gasteiger partial charge in [-0.2, -0.15) is 4.31 Å². The molecule has 1 fully saturated rings. The normalized spacial score (nSPS) is 15.7. The first-order chi connectivity index (χ1) is 15.1. The lowest BCUT2D eigenvalue weighted by Crippen LogP contribution is -2.37. The third-order valence-corrected chi connectivity index (χ3v) is 8.37. The molecule has 2 aromatic carbocycles. The summed E-state index contributed by atoms with van der Waals surface area (Å²) in [4.78, 5) is 12.7. The maximum Gasteiger partial charge on any atom is 0.245 e. The van der Waals surface area contributed by atoms with Crippen LogP contribution >= 0.6 is 0 Å². The molecule has 0 saturated carbocycles. The third-order valence-electron chi connectivity index (χ3n) is 5.32. The predicted octanol–water partition coefficient (Wildman–Crippen LogP) is 2.96. The van der Waals surface area contributed by atoms with Crippen LogP contribution in [0.4, 0.5) is 11.4 Å². The summed E-state index contributed by atoms with van der Waals surface area (Å²) >= 11 is 0. The van der Waals surface area contributed by atoms with Crippen molar-refractivity contribution in [2.24, 2.45) is 0 Å². The van der Waals surface area contributed by atoms with Crippen molar-refractivity contribution in [3.8, 4) is 0 Å². The van der Waals surface area contributed by atoms with Crippen LogP contribution in [0.15, 0.2) is 53.4 Å². The number of sulfonamides is 2. The predicted molar refractivity (Wildman–Crippen MR) is 126 cm³/mol. The Hall–Kier alpha value is -2.43. The van der Waals surface area contributed by atoms with E-state index in [0.29, 0.717) is 24.5 Å². The molecule has 10 heteroatoms. The molecule has 0 atom stereocenters. The van der Waals surface area contributed by atoms with Gasteiger partial charge in [0.05, 0.1) is 16.8 Å². The Morgan fingerprint density at radius 1 is 0.969 bits per heavy atom. The van der Waals surface area contributed by atoms with Crippen molar-refractivity contribution in [3.05, 3.63) is 54.1 Å². The topological polar surface area (TPSA) is 104 Å². The number of carbonyl (C=O) groups excluding carboxylic acids is 1. The fraction of sp³-hybridized carbons (Fsp3) is 0.409. The Kier molecular flexibility index (Phi) is 7.58. The minimum Gasteiger partial charge on any atom is -0.325 e. The van der Waals surface area contributed by atoms with E-state index in [1.54, 1.807) is 18.2 Å². The van der Waals surface area contributed by atoms with Gasteiger partial charge in [-0.05, 0) is 61.7 Å². The number of aryl methyl sites for hydroxylation is 1. The van der Waals surface area contributed by atoms with Gasteiger partial charge in [0.2, 0.25) is 26.0 Å². The van der Waals surface area contributed by atoms with E-state index in [-0.39, 0.29) is 4.90 Å². The fourth-order valence-electron chi connectivity index (χ4n) is 3.66. The van der Waals surface area contributed by atoms with Crippen molar-refractivity contribution in [1.29, 1.82) is 0 Å². The quantitative estimate of drug-likeness (QED) is 0.658. The van der Waals surface area contributed by atoms with Crippen LogP contribution in [0.5, 0.6) is 0 Å². The molecular formula is C22H29N3O5S2. The lowest BCUT2D eigenvalue weighted by molar-refractivity contribution is -0.114. The summed E-state index contributed by atoms with van der Waals surface area (Å²) in [6, 6.07) is 12.8. The maximum absolute atomic E-state index is 12.9. The van der Waals surface area contributed by atoms with Gasteiger partial charge in [-0.1, -0.05) is 25.0 Å². The van der Waals surface area contributed by atoms with Crippen molar-refractivity contribution < 1.29 is 21.6 Å². The Morgan fingerprint density at radius 3 is 2.16 bits per heavy atom. The van der Waals surface area contributed by atoms with Gasteiger partial charge < -0.3 is 5.32 Å². The van der Waals surface area contributed by atoms with Gasteiger partial charge in [0.1, 0.15) is 6.54 Å². The Balaban J connectivity index is 1.71. The second-order valence-electron chi connectivity index (χ2n) is 8.00. The molecule has 1 saturated heterocycles. The van der Waals surface area contributed by atoms with Crippen LogP contribution in [-0.2, 0) is 24.8 Å². The molecule has 2 aromatic rings. The van der Waals surface area contributed by atoms with Crippen LogP contribution in [-0.4, -0.2) is 52.9 Å². The van der Waals surface area contributed by atoms with Gasteiger partial charge >= 0.3 is 0 Å². The molecule has 0 bridgehead atoms. The van der Waals surface area contributed by atoms with Crippen molar-refractivity contribution in [1.82, 2.24) is 4.31 Å². The van der Waals surface area contributed by atoms with Crippen LogP contribution in [0.25, 0.3) is 0 Å². The summed E-state index contributed by atoms with van der Waals surface area (Å²) in [5.41, 5.74) is 1.67. The standard InChI is InChI=1S/C22H29N3O5S2/c1-18-8-7-9-20(16-18)25(31(2,27)28)17-22(26)23-19-10-12-21(13-11-19)32(29,30)24-14-5-3-4-6-15-24/h7-13,16H,3-6,14-15,17H2,1-2H3,(H,23,26). The minimum absolute atomic E-state index is 0.176. The molecule has 1 aliphatic rings. The van der Waals surface area contributed by atoms with Crippen LogP contribution in [0.2, 0.25) is 0 Å². The first-order valence-corrected chi connectivity index (χ1v) is 13.8. The van der Waals surface area contributed by atoms with E-state index in [1.807, 2.05) is 13.0 Å².